The largest absolute Gasteiger partial charge is 0.347 e. The summed E-state index contributed by atoms with van der Waals surface area (Å²) in [5.41, 5.74) is 1.65. The van der Waals surface area contributed by atoms with Gasteiger partial charge in [-0.05, 0) is 54.7 Å². The molecule has 6 rings (SSSR count). The Labute approximate surface area is 185 Å². The number of benzene rings is 3. The number of hydrogen-bond acceptors (Lipinski definition) is 2. The molecule has 2 heteroatoms. The molecule has 2 nitrogen and oxygen atoms in total. The molecule has 3 aromatic carbocycles. The third kappa shape index (κ3) is 3.64. The Balaban J connectivity index is 1.73. The van der Waals surface area contributed by atoms with Crippen LogP contribution < -0.4 is 0 Å². The number of hydrogen-bond donors (Lipinski definition) is 0. The van der Waals surface area contributed by atoms with E-state index >= 15 is 0 Å². The van der Waals surface area contributed by atoms with Gasteiger partial charge in [0.2, 0.25) is 0 Å². The lowest BCUT2D eigenvalue weighted by molar-refractivity contribution is -0.174. The summed E-state index contributed by atoms with van der Waals surface area (Å²) in [4.78, 5) is 13.6. The first-order valence-corrected chi connectivity index (χ1v) is 11.6. The third-order valence-electron chi connectivity index (χ3n) is 7.33. The third-order valence-corrected chi connectivity index (χ3v) is 7.33. The van der Waals surface area contributed by atoms with Gasteiger partial charge in [-0.2, -0.15) is 0 Å². The van der Waals surface area contributed by atoms with E-state index in [0.717, 1.165) is 54.7 Å². The molecule has 0 amide bonds. The predicted molar refractivity (Wildman–Crippen MR) is 124 cm³/mol. The highest BCUT2D eigenvalue weighted by molar-refractivity contribution is 5.88. The van der Waals surface area contributed by atoms with Crippen LogP contribution in [0.5, 0.6) is 0 Å². The summed E-state index contributed by atoms with van der Waals surface area (Å²) in [5.74, 6) is 1.03. The van der Waals surface area contributed by atoms with Crippen LogP contribution in [0, 0.1) is 5.92 Å². The van der Waals surface area contributed by atoms with Crippen LogP contribution in [0.1, 0.15) is 61.6 Å². The van der Waals surface area contributed by atoms with Crippen molar-refractivity contribution < 1.29 is 9.53 Å². The Morgan fingerprint density at radius 3 is 1.58 bits per heavy atom. The van der Waals surface area contributed by atoms with Crippen molar-refractivity contribution in [1.82, 2.24) is 0 Å². The van der Waals surface area contributed by atoms with E-state index < -0.39 is 11.2 Å². The predicted octanol–water partition coefficient (Wildman–Crippen LogP) is 6.68. The summed E-state index contributed by atoms with van der Waals surface area (Å²) >= 11 is 0. The van der Waals surface area contributed by atoms with Crippen molar-refractivity contribution in [2.75, 3.05) is 0 Å². The first-order chi connectivity index (χ1) is 15.2. The molecule has 3 aliphatic carbocycles. The highest BCUT2D eigenvalue weighted by atomic mass is 16.5. The Hall–Kier alpha value is -2.71. The van der Waals surface area contributed by atoms with Gasteiger partial charge in [-0.1, -0.05) is 97.4 Å². The van der Waals surface area contributed by atoms with Crippen LogP contribution in [-0.4, -0.2) is 11.4 Å². The molecule has 3 aromatic rings. The first-order valence-electron chi connectivity index (χ1n) is 11.6. The van der Waals surface area contributed by atoms with Gasteiger partial charge in [-0.25, -0.2) is 0 Å². The molecule has 0 spiro atoms. The summed E-state index contributed by atoms with van der Waals surface area (Å²) < 4.78 is 7.31. The maximum absolute atomic E-state index is 13.6. The van der Waals surface area contributed by atoms with Crippen LogP contribution in [0.15, 0.2) is 91.0 Å². The normalized spacial score (nSPS) is 23.9. The van der Waals surface area contributed by atoms with Gasteiger partial charge in [-0.3, -0.25) is 4.79 Å². The molecule has 3 fully saturated rings. The lowest BCUT2D eigenvalue weighted by Crippen LogP contribution is -2.52. The van der Waals surface area contributed by atoms with Gasteiger partial charge in [0.05, 0.1) is 0 Å². The van der Waals surface area contributed by atoms with Crippen molar-refractivity contribution in [1.29, 1.82) is 0 Å². The molecule has 158 valence electrons. The fourth-order valence-electron chi connectivity index (χ4n) is 5.64. The quantitative estimate of drug-likeness (QED) is 0.439. The molecule has 2 bridgehead atoms. The van der Waals surface area contributed by atoms with Crippen molar-refractivity contribution in [3.05, 3.63) is 108 Å². The number of rotatable bonds is 5. The van der Waals surface area contributed by atoms with Crippen LogP contribution >= 0.6 is 0 Å². The minimum atomic E-state index is -0.828. The minimum Gasteiger partial charge on any atom is -0.347 e. The number of carbonyl (C=O) groups is 1. The molecule has 3 aliphatic rings. The van der Waals surface area contributed by atoms with Crippen molar-refractivity contribution in [3.8, 4) is 0 Å². The molecule has 31 heavy (non-hydrogen) atoms. The van der Waals surface area contributed by atoms with Crippen LogP contribution in [0.2, 0.25) is 0 Å². The van der Waals surface area contributed by atoms with E-state index in [1.54, 1.807) is 0 Å². The Morgan fingerprint density at radius 1 is 0.677 bits per heavy atom. The van der Waals surface area contributed by atoms with E-state index in [1.165, 1.54) is 6.42 Å². The number of ketones is 1. The highest BCUT2D eigenvalue weighted by Gasteiger charge is 2.51. The lowest BCUT2D eigenvalue weighted by Gasteiger charge is -2.48. The molecular formula is C29H30O2. The maximum atomic E-state index is 13.6. The van der Waals surface area contributed by atoms with Crippen LogP contribution in [0.3, 0.4) is 0 Å². The van der Waals surface area contributed by atoms with Gasteiger partial charge in [0, 0.05) is 6.42 Å². The Kier molecular flexibility index (Phi) is 5.50. The smallest absolute Gasteiger partial charge is 0.164 e. The van der Waals surface area contributed by atoms with Crippen molar-refractivity contribution >= 4 is 5.78 Å². The highest BCUT2D eigenvalue weighted by Crippen LogP contribution is 2.49. The molecule has 0 saturated heterocycles. The molecule has 0 atom stereocenters. The summed E-state index contributed by atoms with van der Waals surface area (Å²) in [6.07, 6.45) is 6.62. The Morgan fingerprint density at radius 2 is 1.13 bits per heavy atom. The van der Waals surface area contributed by atoms with E-state index in [4.69, 9.17) is 4.74 Å². The average molecular weight is 411 g/mol. The van der Waals surface area contributed by atoms with Crippen molar-refractivity contribution in [3.63, 3.8) is 0 Å². The zero-order valence-electron chi connectivity index (χ0n) is 18.0. The van der Waals surface area contributed by atoms with E-state index in [-0.39, 0.29) is 5.78 Å². The molecule has 0 heterocycles. The molecule has 0 aliphatic heterocycles. The number of Topliss-reactive ketones (excluding diaryl/α,β-unsaturated/α-hetero) is 1. The zero-order chi connectivity index (χ0) is 21.2. The maximum Gasteiger partial charge on any atom is 0.164 e. The molecule has 0 aromatic heterocycles. The molecular weight excluding hydrogens is 380 g/mol. The minimum absolute atomic E-state index is 0.290. The first kappa shape index (κ1) is 20.2. The number of ether oxygens (including phenoxy) is 1. The molecule has 0 unspecified atom stereocenters. The lowest BCUT2D eigenvalue weighted by atomic mass is 9.70. The second-order valence-corrected chi connectivity index (χ2v) is 9.13. The summed E-state index contributed by atoms with van der Waals surface area (Å²) in [6.45, 7) is 0. The van der Waals surface area contributed by atoms with Crippen LogP contribution in [0.25, 0.3) is 0 Å². The molecule has 3 saturated carbocycles. The van der Waals surface area contributed by atoms with Crippen molar-refractivity contribution in [2.24, 2.45) is 5.92 Å². The fraction of sp³-hybridized carbons (Fsp3) is 0.345. The van der Waals surface area contributed by atoms with Gasteiger partial charge in [-0.15, -0.1) is 0 Å². The number of carbonyl (C=O) groups excluding carboxylic acids is 1. The summed E-state index contributed by atoms with van der Waals surface area (Å²) in [5, 5.41) is 0. The fourth-order valence-corrected chi connectivity index (χ4v) is 5.64. The van der Waals surface area contributed by atoms with E-state index in [9.17, 15) is 4.79 Å². The van der Waals surface area contributed by atoms with Gasteiger partial charge in [0.25, 0.3) is 0 Å². The van der Waals surface area contributed by atoms with Gasteiger partial charge < -0.3 is 4.74 Å². The second kappa shape index (κ2) is 8.43. The van der Waals surface area contributed by atoms with Crippen LogP contribution in [-0.2, 0) is 15.1 Å². The SMILES string of the molecule is O=C1CCCC2CCC1(OC(c1ccccc1)(c1ccccc1)c1ccccc1)CC2. The summed E-state index contributed by atoms with van der Waals surface area (Å²) in [7, 11) is 0. The van der Waals surface area contributed by atoms with Gasteiger partial charge >= 0.3 is 0 Å². The van der Waals surface area contributed by atoms with Crippen molar-refractivity contribution in [2.45, 2.75) is 56.1 Å². The Bertz CT molecular complexity index is 906. The van der Waals surface area contributed by atoms with E-state index in [1.807, 2.05) is 18.2 Å². The zero-order valence-corrected chi connectivity index (χ0v) is 18.0. The second-order valence-electron chi connectivity index (χ2n) is 9.13. The van der Waals surface area contributed by atoms with E-state index in [2.05, 4.69) is 72.8 Å². The summed E-state index contributed by atoms with van der Waals surface area (Å²) in [6, 6.07) is 31.3. The topological polar surface area (TPSA) is 26.3 Å². The number of fused-ring (bicyclic) bond motifs is 5. The molecule has 0 N–H and O–H groups in total. The monoisotopic (exact) mass is 410 g/mol. The standard InChI is InChI=1S/C29H30O2/c30-27-18-10-11-23-19-21-28(27,22-20-23)31-29(24-12-4-1-5-13-24,25-14-6-2-7-15-25)26-16-8-3-9-17-26/h1-9,12-17,23H,10-11,18-22H2. The average Bonchev–Trinajstić information content (AvgIpc) is 2.84. The van der Waals surface area contributed by atoms with Gasteiger partial charge in [0.15, 0.2) is 5.78 Å². The van der Waals surface area contributed by atoms with Gasteiger partial charge in [0.1, 0.15) is 11.2 Å². The van der Waals surface area contributed by atoms with E-state index in [0.29, 0.717) is 6.42 Å². The van der Waals surface area contributed by atoms with Crippen LogP contribution in [0.4, 0.5) is 0 Å². The molecule has 0 radical (unpaired) electrons.